The van der Waals surface area contributed by atoms with Crippen molar-refractivity contribution >= 4 is 0 Å². The van der Waals surface area contributed by atoms with E-state index in [0.717, 1.165) is 0 Å². The highest BCUT2D eigenvalue weighted by Gasteiger charge is 2.47. The van der Waals surface area contributed by atoms with Crippen LogP contribution in [0.3, 0.4) is 0 Å². The lowest BCUT2D eigenvalue weighted by Crippen LogP contribution is -2.24. The Kier molecular flexibility index (Phi) is 1.92. The average Bonchev–Trinajstić information content (AvgIpc) is 2.08. The number of aliphatic hydroxyl groups excluding tert-OH is 1. The van der Waals surface area contributed by atoms with Gasteiger partial charge in [-0.15, -0.1) is 0 Å². The summed E-state index contributed by atoms with van der Waals surface area (Å²) in [7, 11) is 0. The molecule has 2 nitrogen and oxygen atoms in total. The van der Waals surface area contributed by atoms with Crippen molar-refractivity contribution < 1.29 is 18.6 Å². The molecule has 10 heavy (non-hydrogen) atoms. The van der Waals surface area contributed by atoms with E-state index < -0.39 is 18.1 Å². The molecule has 1 aliphatic rings. The van der Waals surface area contributed by atoms with Crippen LogP contribution in [0.4, 0.5) is 8.78 Å². The fourth-order valence-electron chi connectivity index (χ4n) is 1.01. The molecule has 0 unspecified atom stereocenters. The Hall–Kier alpha value is -0.220. The van der Waals surface area contributed by atoms with Crippen LogP contribution in [0.2, 0.25) is 0 Å². The third kappa shape index (κ3) is 1.27. The van der Waals surface area contributed by atoms with Crippen LogP contribution in [-0.4, -0.2) is 29.8 Å². The van der Waals surface area contributed by atoms with Crippen LogP contribution >= 0.6 is 0 Å². The number of halogens is 2. The van der Waals surface area contributed by atoms with Crippen LogP contribution in [0.25, 0.3) is 0 Å². The van der Waals surface area contributed by atoms with E-state index in [2.05, 4.69) is 0 Å². The summed E-state index contributed by atoms with van der Waals surface area (Å²) < 4.78 is 29.8. The third-order valence-corrected chi connectivity index (χ3v) is 1.69. The molecule has 0 spiro atoms. The molecule has 1 heterocycles. The Morgan fingerprint density at radius 3 is 2.50 bits per heavy atom. The summed E-state index contributed by atoms with van der Waals surface area (Å²) in [5.74, 6) is -2.76. The van der Waals surface area contributed by atoms with Gasteiger partial charge in [0, 0.05) is 6.42 Å². The van der Waals surface area contributed by atoms with Gasteiger partial charge in [-0.25, -0.2) is 8.78 Å². The highest BCUT2D eigenvalue weighted by molar-refractivity contribution is 4.85. The Morgan fingerprint density at radius 1 is 1.70 bits per heavy atom. The summed E-state index contributed by atoms with van der Waals surface area (Å²) in [5, 5.41) is 8.46. The second-order valence-electron chi connectivity index (χ2n) is 2.55. The number of ether oxygens (including phenoxy) is 1. The third-order valence-electron chi connectivity index (χ3n) is 1.69. The van der Waals surface area contributed by atoms with Crippen molar-refractivity contribution in [3.05, 3.63) is 0 Å². The summed E-state index contributed by atoms with van der Waals surface area (Å²) in [6.07, 6.45) is -2.08. The van der Waals surface area contributed by atoms with Gasteiger partial charge in [-0.2, -0.15) is 0 Å². The first kappa shape index (κ1) is 7.88. The summed E-state index contributed by atoms with van der Waals surface area (Å²) in [6, 6.07) is 0. The predicted octanol–water partition coefficient (Wildman–Crippen LogP) is 0.791. The minimum atomic E-state index is -2.76. The van der Waals surface area contributed by atoms with Crippen LogP contribution in [0, 0.1) is 0 Å². The molecule has 1 aliphatic heterocycles. The second-order valence-corrected chi connectivity index (χ2v) is 2.55. The van der Waals surface area contributed by atoms with Crippen LogP contribution in [0.1, 0.15) is 13.3 Å². The van der Waals surface area contributed by atoms with Crippen LogP contribution in [-0.2, 0) is 4.74 Å². The maximum Gasteiger partial charge on any atom is 0.276 e. The molecular weight excluding hydrogens is 142 g/mol. The number of rotatable bonds is 1. The number of alkyl halides is 2. The van der Waals surface area contributed by atoms with E-state index in [0.29, 0.717) is 0 Å². The van der Waals surface area contributed by atoms with Crippen molar-refractivity contribution in [2.45, 2.75) is 31.5 Å². The summed E-state index contributed by atoms with van der Waals surface area (Å²) >= 11 is 0. The summed E-state index contributed by atoms with van der Waals surface area (Å²) in [5.41, 5.74) is 0. The quantitative estimate of drug-likeness (QED) is 0.602. The van der Waals surface area contributed by atoms with Crippen molar-refractivity contribution in [3.63, 3.8) is 0 Å². The van der Waals surface area contributed by atoms with Gasteiger partial charge in [0.1, 0.15) is 6.10 Å². The molecule has 1 rings (SSSR count). The summed E-state index contributed by atoms with van der Waals surface area (Å²) in [4.78, 5) is 0. The molecule has 0 radical (unpaired) electrons. The molecule has 0 aliphatic carbocycles. The monoisotopic (exact) mass is 152 g/mol. The molecule has 1 fully saturated rings. The number of aliphatic hydroxyl groups is 1. The Bertz CT molecular complexity index is 127. The highest BCUT2D eigenvalue weighted by atomic mass is 19.3. The molecule has 1 N–H and O–H groups in total. The van der Waals surface area contributed by atoms with Gasteiger partial charge in [0.05, 0.1) is 12.7 Å². The normalized spacial score (nSPS) is 38.4. The molecule has 0 bridgehead atoms. The first-order chi connectivity index (χ1) is 4.56. The first-order valence-corrected chi connectivity index (χ1v) is 3.20. The van der Waals surface area contributed by atoms with Crippen molar-refractivity contribution in [3.8, 4) is 0 Å². The number of hydrogen-bond donors (Lipinski definition) is 1. The van der Waals surface area contributed by atoms with Gasteiger partial charge in [0.25, 0.3) is 5.92 Å². The van der Waals surface area contributed by atoms with E-state index in [-0.39, 0.29) is 13.0 Å². The molecule has 0 aromatic rings. The largest absolute Gasteiger partial charge is 0.394 e. The van der Waals surface area contributed by atoms with Crippen molar-refractivity contribution in [1.82, 2.24) is 0 Å². The van der Waals surface area contributed by atoms with E-state index in [1.807, 2.05) is 0 Å². The second kappa shape index (κ2) is 2.43. The Labute approximate surface area is 57.8 Å². The highest BCUT2D eigenvalue weighted by Crippen LogP contribution is 2.34. The van der Waals surface area contributed by atoms with Crippen molar-refractivity contribution in [1.29, 1.82) is 0 Å². The molecule has 4 heteroatoms. The standard InChI is InChI=1S/C6H10F2O2/c1-4-6(7,8)2-5(3-9)10-4/h4-5,9H,2-3H2,1H3/t4-,5-/m0/s1. The first-order valence-electron chi connectivity index (χ1n) is 3.20. The maximum absolute atomic E-state index is 12.5. The van der Waals surface area contributed by atoms with Crippen LogP contribution in [0.15, 0.2) is 0 Å². The van der Waals surface area contributed by atoms with Gasteiger partial charge in [0.2, 0.25) is 0 Å². The van der Waals surface area contributed by atoms with E-state index >= 15 is 0 Å². The average molecular weight is 152 g/mol. The number of hydrogen-bond acceptors (Lipinski definition) is 2. The van der Waals surface area contributed by atoms with Gasteiger partial charge in [-0.05, 0) is 6.92 Å². The molecule has 60 valence electrons. The van der Waals surface area contributed by atoms with E-state index in [4.69, 9.17) is 9.84 Å². The molecule has 0 saturated carbocycles. The fourth-order valence-corrected chi connectivity index (χ4v) is 1.01. The lowest BCUT2D eigenvalue weighted by atomic mass is 10.1. The molecule has 0 amide bonds. The van der Waals surface area contributed by atoms with E-state index in [1.54, 1.807) is 0 Å². The van der Waals surface area contributed by atoms with Crippen LogP contribution < -0.4 is 0 Å². The maximum atomic E-state index is 12.5. The minimum absolute atomic E-state index is 0.320. The van der Waals surface area contributed by atoms with Crippen molar-refractivity contribution in [2.24, 2.45) is 0 Å². The van der Waals surface area contributed by atoms with Gasteiger partial charge in [-0.1, -0.05) is 0 Å². The molecule has 0 aromatic carbocycles. The molecular formula is C6H10F2O2. The van der Waals surface area contributed by atoms with Gasteiger partial charge < -0.3 is 9.84 Å². The Morgan fingerprint density at radius 2 is 2.30 bits per heavy atom. The van der Waals surface area contributed by atoms with Crippen molar-refractivity contribution in [2.75, 3.05) is 6.61 Å². The SMILES string of the molecule is C[C@@H]1O[C@H](CO)CC1(F)F. The van der Waals surface area contributed by atoms with E-state index in [1.165, 1.54) is 6.92 Å². The van der Waals surface area contributed by atoms with Gasteiger partial charge in [-0.3, -0.25) is 0 Å². The molecule has 0 aromatic heterocycles. The Balaban J connectivity index is 2.53. The van der Waals surface area contributed by atoms with E-state index in [9.17, 15) is 8.78 Å². The zero-order valence-electron chi connectivity index (χ0n) is 5.68. The smallest absolute Gasteiger partial charge is 0.276 e. The lowest BCUT2D eigenvalue weighted by Gasteiger charge is -2.10. The summed E-state index contributed by atoms with van der Waals surface area (Å²) in [6.45, 7) is 0.996. The van der Waals surface area contributed by atoms with Gasteiger partial charge >= 0.3 is 0 Å². The zero-order chi connectivity index (χ0) is 7.78. The minimum Gasteiger partial charge on any atom is -0.394 e. The molecule has 1 saturated heterocycles. The zero-order valence-corrected chi connectivity index (χ0v) is 5.68. The van der Waals surface area contributed by atoms with Crippen LogP contribution in [0.5, 0.6) is 0 Å². The van der Waals surface area contributed by atoms with Gasteiger partial charge in [0.15, 0.2) is 0 Å². The lowest BCUT2D eigenvalue weighted by molar-refractivity contribution is -0.0676. The predicted molar refractivity (Wildman–Crippen MR) is 31.0 cm³/mol. The fraction of sp³-hybridized carbons (Fsp3) is 1.00. The topological polar surface area (TPSA) is 29.5 Å². The molecule has 2 atom stereocenters.